The van der Waals surface area contributed by atoms with Gasteiger partial charge in [0, 0.05) is 50.9 Å². The van der Waals surface area contributed by atoms with Crippen molar-refractivity contribution >= 4 is 29.6 Å². The summed E-state index contributed by atoms with van der Waals surface area (Å²) in [5.41, 5.74) is 0. The summed E-state index contributed by atoms with van der Waals surface area (Å²) in [6.45, 7) is 5.45. The van der Waals surface area contributed by atoms with Gasteiger partial charge in [0.15, 0.2) is 0 Å². The van der Waals surface area contributed by atoms with E-state index in [1.165, 1.54) is 6.42 Å². The van der Waals surface area contributed by atoms with E-state index in [2.05, 4.69) is 29.4 Å². The van der Waals surface area contributed by atoms with Gasteiger partial charge in [-0.25, -0.2) is 4.79 Å². The third kappa shape index (κ3) is 8.57. The van der Waals surface area contributed by atoms with Crippen molar-refractivity contribution in [2.75, 3.05) is 19.6 Å². The highest BCUT2D eigenvalue weighted by molar-refractivity contribution is 6.01. The average Bonchev–Trinajstić information content (AvgIpc) is 3.05. The first-order chi connectivity index (χ1) is 15.3. The van der Waals surface area contributed by atoms with Crippen LogP contribution in [0.2, 0.25) is 0 Å². The van der Waals surface area contributed by atoms with Gasteiger partial charge >= 0.3 is 5.97 Å². The van der Waals surface area contributed by atoms with Crippen molar-refractivity contribution in [3.05, 3.63) is 0 Å². The quantitative estimate of drug-likeness (QED) is 0.335. The van der Waals surface area contributed by atoms with E-state index < -0.39 is 17.8 Å². The van der Waals surface area contributed by atoms with E-state index in [9.17, 15) is 24.0 Å². The van der Waals surface area contributed by atoms with Crippen LogP contribution in [0.4, 0.5) is 0 Å². The number of carbonyl (C=O) groups excluding carboxylic acids is 5. The second-order valence-corrected chi connectivity index (χ2v) is 8.61. The van der Waals surface area contributed by atoms with Gasteiger partial charge in [0.05, 0.1) is 6.54 Å². The van der Waals surface area contributed by atoms with E-state index >= 15 is 0 Å². The van der Waals surface area contributed by atoms with Gasteiger partial charge < -0.3 is 15.5 Å². The highest BCUT2D eigenvalue weighted by atomic mass is 16.7. The number of likely N-dealkylation sites (tertiary alicyclic amines) is 1. The summed E-state index contributed by atoms with van der Waals surface area (Å²) in [5.74, 6) is -1.77. The first-order valence-corrected chi connectivity index (χ1v) is 11.6. The zero-order valence-corrected chi connectivity index (χ0v) is 19.2. The molecule has 2 saturated heterocycles. The van der Waals surface area contributed by atoms with Gasteiger partial charge in [0.25, 0.3) is 11.8 Å². The van der Waals surface area contributed by atoms with Crippen molar-refractivity contribution in [2.45, 2.75) is 90.1 Å². The van der Waals surface area contributed by atoms with Gasteiger partial charge in [-0.1, -0.05) is 12.8 Å². The largest absolute Gasteiger partial charge is 0.356 e. The van der Waals surface area contributed by atoms with Crippen LogP contribution in [0.1, 0.15) is 78.1 Å². The lowest BCUT2D eigenvalue weighted by Gasteiger charge is -2.38. The zero-order valence-electron chi connectivity index (χ0n) is 19.2. The fourth-order valence-electron chi connectivity index (χ4n) is 4.02. The summed E-state index contributed by atoms with van der Waals surface area (Å²) < 4.78 is 0. The topological polar surface area (TPSA) is 125 Å². The lowest BCUT2D eigenvalue weighted by molar-refractivity contribution is -0.197. The number of amides is 4. The van der Waals surface area contributed by atoms with Gasteiger partial charge in [0.2, 0.25) is 11.8 Å². The summed E-state index contributed by atoms with van der Waals surface area (Å²) in [6, 6.07) is 0.805. The number of hydrogen-bond acceptors (Lipinski definition) is 7. The number of nitrogens with zero attached hydrogens (tertiary/aromatic N) is 2. The summed E-state index contributed by atoms with van der Waals surface area (Å²) in [4.78, 5) is 65.5. The molecule has 0 radical (unpaired) electrons. The molecule has 2 rings (SSSR count). The minimum Gasteiger partial charge on any atom is -0.356 e. The summed E-state index contributed by atoms with van der Waals surface area (Å²) in [5, 5.41) is 6.16. The fourth-order valence-corrected chi connectivity index (χ4v) is 4.02. The summed E-state index contributed by atoms with van der Waals surface area (Å²) in [7, 11) is 0. The highest BCUT2D eigenvalue weighted by Gasteiger charge is 2.32. The molecule has 0 bridgehead atoms. The number of imide groups is 1. The fraction of sp³-hybridized carbons (Fsp3) is 0.773. The normalized spacial score (nSPS) is 21.5. The highest BCUT2D eigenvalue weighted by Crippen LogP contribution is 2.21. The van der Waals surface area contributed by atoms with Gasteiger partial charge in [-0.05, 0) is 39.5 Å². The number of rotatable bonds is 12. The molecule has 0 saturated carbocycles. The molecule has 10 nitrogen and oxygen atoms in total. The molecule has 2 unspecified atom stereocenters. The number of piperidine rings is 1. The summed E-state index contributed by atoms with van der Waals surface area (Å²) >= 11 is 0. The molecule has 2 atom stereocenters. The first kappa shape index (κ1) is 25.8. The van der Waals surface area contributed by atoms with Crippen LogP contribution in [0, 0.1) is 0 Å². The Kier molecular flexibility index (Phi) is 10.6. The Balaban J connectivity index is 1.46. The summed E-state index contributed by atoms with van der Waals surface area (Å²) in [6.07, 6.45) is 5.82. The Morgan fingerprint density at radius 1 is 0.875 bits per heavy atom. The molecule has 2 fully saturated rings. The molecule has 180 valence electrons. The van der Waals surface area contributed by atoms with Crippen LogP contribution in [0.5, 0.6) is 0 Å². The second kappa shape index (κ2) is 13.1. The van der Waals surface area contributed by atoms with Gasteiger partial charge in [0.1, 0.15) is 0 Å². The Morgan fingerprint density at radius 3 is 2.16 bits per heavy atom. The number of unbranched alkanes of at least 4 members (excludes halogenated alkanes) is 2. The number of carbonyl (C=O) groups is 5. The van der Waals surface area contributed by atoms with E-state index in [1.54, 1.807) is 0 Å². The predicted octanol–water partition coefficient (Wildman–Crippen LogP) is 1.04. The molecule has 2 N–H and O–H groups in total. The number of hydrogen-bond donors (Lipinski definition) is 2. The van der Waals surface area contributed by atoms with Crippen LogP contribution < -0.4 is 10.6 Å². The molecule has 2 heterocycles. The molecule has 0 aromatic heterocycles. The Labute approximate surface area is 189 Å². The molecule has 2 aliphatic rings. The minimum absolute atomic E-state index is 0.0531. The molecule has 4 amide bonds. The maximum atomic E-state index is 12.2. The van der Waals surface area contributed by atoms with Crippen molar-refractivity contribution < 1.29 is 28.8 Å². The van der Waals surface area contributed by atoms with Gasteiger partial charge in [-0.2, -0.15) is 0 Å². The van der Waals surface area contributed by atoms with Crippen molar-refractivity contribution in [1.82, 2.24) is 20.6 Å². The maximum absolute atomic E-state index is 12.2. The molecule has 2 aliphatic heterocycles. The lowest BCUT2D eigenvalue weighted by atomic mass is 9.97. The molecule has 10 heteroatoms. The van der Waals surface area contributed by atoms with Crippen molar-refractivity contribution in [3.63, 3.8) is 0 Å². The van der Waals surface area contributed by atoms with Crippen LogP contribution in [-0.2, 0) is 28.8 Å². The SMILES string of the molecule is CC1CCCC(C)N1CC(=O)NCCC(=O)NCCCCCC(=O)ON1C(=O)CCC1=O. The van der Waals surface area contributed by atoms with Crippen LogP contribution >= 0.6 is 0 Å². The number of hydroxylamine groups is 2. The predicted molar refractivity (Wildman–Crippen MR) is 116 cm³/mol. The molecule has 0 aromatic rings. The van der Waals surface area contributed by atoms with E-state index in [1.807, 2.05) is 0 Å². The molecule has 0 aromatic carbocycles. The smallest absolute Gasteiger partial charge is 0.333 e. The van der Waals surface area contributed by atoms with E-state index in [4.69, 9.17) is 4.84 Å². The minimum atomic E-state index is -0.610. The second-order valence-electron chi connectivity index (χ2n) is 8.61. The van der Waals surface area contributed by atoms with E-state index in [-0.39, 0.29) is 37.5 Å². The van der Waals surface area contributed by atoms with E-state index in [0.29, 0.717) is 56.0 Å². The standard InChI is InChI=1S/C22H36N4O6/c1-16-7-6-8-17(2)25(16)15-19(28)24-14-12-18(27)23-13-5-3-4-9-22(31)32-26-20(29)10-11-21(26)30/h16-17H,3-15H2,1-2H3,(H,23,27)(H,24,28). The van der Waals surface area contributed by atoms with Crippen LogP contribution in [0.15, 0.2) is 0 Å². The average molecular weight is 453 g/mol. The molecular formula is C22H36N4O6. The van der Waals surface area contributed by atoms with Crippen molar-refractivity contribution in [3.8, 4) is 0 Å². The third-order valence-corrected chi connectivity index (χ3v) is 5.96. The van der Waals surface area contributed by atoms with Crippen LogP contribution in [-0.4, -0.2) is 71.3 Å². The zero-order chi connectivity index (χ0) is 23.5. The Morgan fingerprint density at radius 2 is 1.50 bits per heavy atom. The molecule has 32 heavy (non-hydrogen) atoms. The van der Waals surface area contributed by atoms with Gasteiger partial charge in [-0.15, -0.1) is 5.06 Å². The molecule has 0 aliphatic carbocycles. The van der Waals surface area contributed by atoms with E-state index in [0.717, 1.165) is 12.8 Å². The van der Waals surface area contributed by atoms with Crippen LogP contribution in [0.3, 0.4) is 0 Å². The lowest BCUT2D eigenvalue weighted by Crippen LogP contribution is -2.49. The Bertz CT molecular complexity index is 672. The molecule has 0 spiro atoms. The Hall–Kier alpha value is -2.49. The van der Waals surface area contributed by atoms with Crippen LogP contribution in [0.25, 0.3) is 0 Å². The van der Waals surface area contributed by atoms with Crippen molar-refractivity contribution in [2.24, 2.45) is 0 Å². The first-order valence-electron chi connectivity index (χ1n) is 11.6. The monoisotopic (exact) mass is 452 g/mol. The third-order valence-electron chi connectivity index (χ3n) is 5.96. The molecular weight excluding hydrogens is 416 g/mol. The number of nitrogens with one attached hydrogen (secondary N) is 2. The van der Waals surface area contributed by atoms with Gasteiger partial charge in [-0.3, -0.25) is 24.1 Å². The van der Waals surface area contributed by atoms with Crippen molar-refractivity contribution in [1.29, 1.82) is 0 Å². The maximum Gasteiger partial charge on any atom is 0.333 e.